The van der Waals surface area contributed by atoms with Crippen molar-refractivity contribution in [3.8, 4) is 5.75 Å². The highest BCUT2D eigenvalue weighted by molar-refractivity contribution is 6.24. The molecule has 0 aliphatic heterocycles. The van der Waals surface area contributed by atoms with Crippen LogP contribution in [-0.2, 0) is 27.3 Å². The van der Waals surface area contributed by atoms with Gasteiger partial charge in [-0.15, -0.1) is 0 Å². The van der Waals surface area contributed by atoms with Gasteiger partial charge in [0.15, 0.2) is 11.4 Å². The number of fused-ring (bicyclic) bond motifs is 3. The van der Waals surface area contributed by atoms with E-state index >= 15 is 0 Å². The molecule has 7 N–H and O–H groups in total. The number of Topliss-reactive ketones (excluding diaryl/α,β-unsaturated/α-hetero) is 2. The molecule has 0 bridgehead atoms. The number of likely N-dealkylation sites (N-methyl/N-ethyl adjacent to an activating group) is 1. The normalized spacial score (nSPS) is 28.2. The average molecular weight is 569 g/mol. The van der Waals surface area contributed by atoms with Crippen LogP contribution in [0.5, 0.6) is 5.75 Å². The minimum absolute atomic E-state index is 0.0591. The van der Waals surface area contributed by atoms with Gasteiger partial charge in [0.05, 0.1) is 11.6 Å². The van der Waals surface area contributed by atoms with E-state index in [2.05, 4.69) is 5.32 Å². The van der Waals surface area contributed by atoms with Gasteiger partial charge in [0, 0.05) is 37.8 Å². The molecule has 0 radical (unpaired) electrons. The van der Waals surface area contributed by atoms with Crippen molar-refractivity contribution in [2.24, 2.45) is 23.5 Å². The summed E-state index contributed by atoms with van der Waals surface area (Å²) in [6.07, 6.45) is 5.22. The van der Waals surface area contributed by atoms with Gasteiger partial charge in [-0.1, -0.05) is 12.8 Å². The Morgan fingerprint density at radius 1 is 1.12 bits per heavy atom. The van der Waals surface area contributed by atoms with Gasteiger partial charge in [0.1, 0.15) is 22.8 Å². The van der Waals surface area contributed by atoms with E-state index in [4.69, 9.17) is 5.73 Å². The lowest BCUT2D eigenvalue weighted by Crippen LogP contribution is -2.65. The summed E-state index contributed by atoms with van der Waals surface area (Å²) in [7, 11) is 6.93. The number of hydrogen-bond acceptors (Lipinski definition) is 10. The van der Waals surface area contributed by atoms with Crippen molar-refractivity contribution in [1.82, 2.24) is 10.2 Å². The van der Waals surface area contributed by atoms with Crippen LogP contribution in [0, 0.1) is 17.8 Å². The van der Waals surface area contributed by atoms with E-state index in [1.165, 1.54) is 30.6 Å². The lowest BCUT2D eigenvalue weighted by atomic mass is 9.57. The molecule has 0 heterocycles. The summed E-state index contributed by atoms with van der Waals surface area (Å²) in [4.78, 5) is 42.9. The zero-order valence-corrected chi connectivity index (χ0v) is 24.0. The number of rotatable bonds is 7. The molecule has 5 rings (SSSR count). The van der Waals surface area contributed by atoms with Crippen LogP contribution in [0.2, 0.25) is 0 Å². The third kappa shape index (κ3) is 4.41. The first-order valence-corrected chi connectivity index (χ1v) is 14.2. The summed E-state index contributed by atoms with van der Waals surface area (Å²) >= 11 is 0. The molecule has 41 heavy (non-hydrogen) atoms. The summed E-state index contributed by atoms with van der Waals surface area (Å²) < 4.78 is 0. The summed E-state index contributed by atoms with van der Waals surface area (Å²) in [5, 5.41) is 48.9. The van der Waals surface area contributed by atoms with Gasteiger partial charge in [-0.3, -0.25) is 19.3 Å². The van der Waals surface area contributed by atoms with E-state index in [-0.39, 0.29) is 29.7 Å². The van der Waals surface area contributed by atoms with Crippen LogP contribution in [0.25, 0.3) is 5.76 Å². The quantitative estimate of drug-likeness (QED) is 0.263. The number of ketones is 2. The molecule has 0 aromatic heterocycles. The zero-order chi connectivity index (χ0) is 30.0. The van der Waals surface area contributed by atoms with Crippen LogP contribution < -0.4 is 16.0 Å². The molecule has 0 saturated heterocycles. The Bertz CT molecular complexity index is 1380. The smallest absolute Gasteiger partial charge is 0.255 e. The third-order valence-corrected chi connectivity index (χ3v) is 9.44. The molecule has 1 amide bonds. The number of benzene rings is 1. The Kier molecular flexibility index (Phi) is 7.42. The number of carbonyl (C=O) groups is 3. The molecule has 4 aliphatic rings. The molecule has 11 heteroatoms. The molecule has 11 nitrogen and oxygen atoms in total. The number of amides is 1. The van der Waals surface area contributed by atoms with Gasteiger partial charge < -0.3 is 36.4 Å². The van der Waals surface area contributed by atoms with Crippen molar-refractivity contribution in [3.63, 3.8) is 0 Å². The second kappa shape index (κ2) is 10.5. The molecule has 1 aromatic carbocycles. The maximum absolute atomic E-state index is 14.0. The molecule has 0 spiro atoms. The number of phenolic OH excluding ortho intramolecular Hbond substituents is 1. The molecular weight excluding hydrogens is 528 g/mol. The molecule has 0 unspecified atom stereocenters. The Labute approximate surface area is 239 Å². The molecular formula is C30H40N4O7. The number of anilines is 1. The minimum Gasteiger partial charge on any atom is -0.508 e. The maximum atomic E-state index is 14.0. The number of aliphatic hydroxyl groups is 3. The zero-order valence-electron chi connectivity index (χ0n) is 24.0. The largest absolute Gasteiger partial charge is 0.508 e. The highest BCUT2D eigenvalue weighted by Gasteiger charge is 2.64. The van der Waals surface area contributed by atoms with Gasteiger partial charge in [-0.2, -0.15) is 0 Å². The van der Waals surface area contributed by atoms with E-state index < -0.39 is 58.0 Å². The van der Waals surface area contributed by atoms with Gasteiger partial charge in [0.25, 0.3) is 5.91 Å². The lowest BCUT2D eigenvalue weighted by molar-refractivity contribution is -0.153. The van der Waals surface area contributed by atoms with Crippen LogP contribution >= 0.6 is 0 Å². The van der Waals surface area contributed by atoms with Crippen LogP contribution in [-0.4, -0.2) is 89.2 Å². The van der Waals surface area contributed by atoms with E-state index in [1.807, 2.05) is 19.0 Å². The van der Waals surface area contributed by atoms with Crippen LogP contribution in [0.15, 0.2) is 23.0 Å². The van der Waals surface area contributed by atoms with Gasteiger partial charge in [0.2, 0.25) is 5.78 Å². The van der Waals surface area contributed by atoms with E-state index in [0.717, 1.165) is 17.8 Å². The third-order valence-electron chi connectivity index (χ3n) is 9.44. The predicted molar refractivity (Wildman–Crippen MR) is 152 cm³/mol. The number of hydrogen-bond donors (Lipinski definition) is 6. The fraction of sp³-hybridized carbons (Fsp3) is 0.567. The molecule has 4 atom stereocenters. The monoisotopic (exact) mass is 568 g/mol. The first kappa shape index (κ1) is 29.1. The SMILES string of the molecule is CN(C)c1c(CNCC2CCCC2)cc(O)c2c1C[C@H]1C[C@H]3[C@H](N(C)C)C(=O)C(C(N)=O)=C(O)[C@@]3(O)C(=O)C1=C2O. The van der Waals surface area contributed by atoms with Crippen molar-refractivity contribution in [2.75, 3.05) is 39.6 Å². The van der Waals surface area contributed by atoms with E-state index in [9.17, 15) is 34.8 Å². The number of aliphatic hydroxyl groups excluding tert-OH is 2. The van der Waals surface area contributed by atoms with Gasteiger partial charge in [-0.25, -0.2) is 0 Å². The first-order chi connectivity index (χ1) is 19.3. The topological polar surface area (TPSA) is 177 Å². The number of aromatic hydroxyl groups is 1. The number of phenols is 1. The van der Waals surface area contributed by atoms with Crippen molar-refractivity contribution < 1.29 is 34.8 Å². The molecule has 4 aliphatic carbocycles. The van der Waals surface area contributed by atoms with Gasteiger partial charge in [-0.05, 0) is 75.4 Å². The Balaban J connectivity index is 1.61. The highest BCUT2D eigenvalue weighted by Crippen LogP contribution is 2.54. The first-order valence-electron chi connectivity index (χ1n) is 14.2. The standard InChI is InChI=1S/C30H40N4O7/c1-33(2)23-16(13-32-12-14-7-5-6-8-14)11-19(35)21-17(23)9-15-10-18-24(34(3)4)26(37)22(29(31)40)28(39)30(18,41)27(38)20(15)25(21)36/h11,14-15,18,24,32,35-36,39,41H,5-10,12-13H2,1-4H3,(H2,31,40)/t15-,18-,24-,30-/m0/s1. The van der Waals surface area contributed by atoms with E-state index in [1.54, 1.807) is 20.2 Å². The summed E-state index contributed by atoms with van der Waals surface area (Å²) in [6, 6.07) is 0.474. The predicted octanol–water partition coefficient (Wildman–Crippen LogP) is 1.31. The molecule has 2 saturated carbocycles. The maximum Gasteiger partial charge on any atom is 0.255 e. The number of nitrogens with one attached hydrogen (secondary N) is 1. The molecule has 222 valence electrons. The fourth-order valence-corrected chi connectivity index (χ4v) is 7.68. The Hall–Kier alpha value is -3.41. The summed E-state index contributed by atoms with van der Waals surface area (Å²) in [6.45, 7) is 1.39. The number of nitrogens with two attached hydrogens (primary N) is 1. The van der Waals surface area contributed by atoms with Crippen molar-refractivity contribution >= 4 is 28.9 Å². The molecule has 1 aromatic rings. The second-order valence-corrected chi connectivity index (χ2v) is 12.4. The number of nitrogens with zero attached hydrogens (tertiary/aromatic N) is 2. The summed E-state index contributed by atoms with van der Waals surface area (Å²) in [5.41, 5.74) is 4.21. The minimum atomic E-state index is -2.64. The van der Waals surface area contributed by atoms with Crippen molar-refractivity contribution in [1.29, 1.82) is 0 Å². The Morgan fingerprint density at radius 2 is 1.78 bits per heavy atom. The van der Waals surface area contributed by atoms with Crippen molar-refractivity contribution in [2.45, 2.75) is 56.7 Å². The highest BCUT2D eigenvalue weighted by atomic mass is 16.3. The Morgan fingerprint density at radius 3 is 2.37 bits per heavy atom. The van der Waals surface area contributed by atoms with Crippen LogP contribution in [0.1, 0.15) is 48.8 Å². The molecule has 2 fully saturated rings. The second-order valence-electron chi connectivity index (χ2n) is 12.4. The average Bonchev–Trinajstić information content (AvgIpc) is 3.39. The van der Waals surface area contributed by atoms with Gasteiger partial charge >= 0.3 is 0 Å². The van der Waals surface area contributed by atoms with Crippen LogP contribution in [0.4, 0.5) is 5.69 Å². The van der Waals surface area contributed by atoms with Crippen LogP contribution in [0.3, 0.4) is 0 Å². The van der Waals surface area contributed by atoms with Crippen molar-refractivity contribution in [3.05, 3.63) is 39.7 Å². The summed E-state index contributed by atoms with van der Waals surface area (Å²) in [5.74, 6) is -5.88. The van der Waals surface area contributed by atoms with E-state index in [0.29, 0.717) is 18.0 Å². The number of primary amides is 1. The number of carbonyl (C=O) groups excluding carboxylic acids is 3. The lowest BCUT2D eigenvalue weighted by Gasteiger charge is -2.50. The fourth-order valence-electron chi connectivity index (χ4n) is 7.68.